The summed E-state index contributed by atoms with van der Waals surface area (Å²) in [5, 5.41) is 0. The van der Waals surface area contributed by atoms with E-state index < -0.39 is 59.8 Å². The molecule has 0 aromatic carbocycles. The van der Waals surface area contributed by atoms with Gasteiger partial charge < -0.3 is 14.2 Å². The van der Waals surface area contributed by atoms with Gasteiger partial charge in [-0.2, -0.15) is 13.2 Å². The molecule has 118 valence electrons. The highest BCUT2D eigenvalue weighted by atomic mass is 19.4. The van der Waals surface area contributed by atoms with Crippen molar-refractivity contribution in [2.45, 2.75) is 57.8 Å². The fraction of sp³-hybridized carbons (Fsp3) is 0.846. The van der Waals surface area contributed by atoms with Crippen LogP contribution < -0.4 is 0 Å². The highest BCUT2D eigenvalue weighted by molar-refractivity contribution is 5.83. The Labute approximate surface area is 118 Å². The van der Waals surface area contributed by atoms with Crippen molar-refractivity contribution in [3.63, 3.8) is 0 Å². The molecule has 0 aromatic rings. The Bertz CT molecular complexity index is 509. The minimum Gasteiger partial charge on any atom is -0.455 e. The van der Waals surface area contributed by atoms with Gasteiger partial charge in [0.15, 0.2) is 17.6 Å². The van der Waals surface area contributed by atoms with E-state index in [-0.39, 0.29) is 0 Å². The Morgan fingerprint density at radius 2 is 1.95 bits per heavy atom. The predicted octanol–water partition coefficient (Wildman–Crippen LogP) is 1.59. The molecule has 3 rings (SSSR count). The van der Waals surface area contributed by atoms with Crippen LogP contribution in [-0.2, 0) is 23.8 Å². The molecule has 3 fully saturated rings. The molecule has 3 aliphatic heterocycles. The first-order valence-corrected chi connectivity index (χ1v) is 6.63. The molecule has 5 nitrogen and oxygen atoms in total. The van der Waals surface area contributed by atoms with Gasteiger partial charge in [0.25, 0.3) is 0 Å². The van der Waals surface area contributed by atoms with Crippen molar-refractivity contribution in [2.24, 2.45) is 10.8 Å². The zero-order valence-corrected chi connectivity index (χ0v) is 11.7. The van der Waals surface area contributed by atoms with Gasteiger partial charge in [-0.15, -0.1) is 0 Å². The lowest BCUT2D eigenvalue weighted by molar-refractivity contribution is -0.228. The summed E-state index contributed by atoms with van der Waals surface area (Å²) in [4.78, 5) is 23.6. The number of hydrogen-bond acceptors (Lipinski definition) is 5. The summed E-state index contributed by atoms with van der Waals surface area (Å²) in [6.45, 7) is 4.89. The van der Waals surface area contributed by atoms with Gasteiger partial charge >= 0.3 is 18.1 Å². The smallest absolute Gasteiger partial charge is 0.407 e. The van der Waals surface area contributed by atoms with Crippen LogP contribution in [0.4, 0.5) is 13.2 Å². The number of fused-ring (bicyclic) bond motifs is 1. The summed E-state index contributed by atoms with van der Waals surface area (Å²) in [5.74, 6) is -1.90. The van der Waals surface area contributed by atoms with Crippen LogP contribution in [0.15, 0.2) is 0 Å². The highest BCUT2D eigenvalue weighted by Gasteiger charge is 2.82. The van der Waals surface area contributed by atoms with Gasteiger partial charge in [0.2, 0.25) is 0 Å². The van der Waals surface area contributed by atoms with Crippen LogP contribution in [0.3, 0.4) is 0 Å². The number of alkyl halides is 3. The standard InChI is InChI=1S/C13H15F3O5/c1-11(2,3)9(17)20-6-5-4-12(13(14,15)16)8(19-5)7(6)21-10(12)18/h5-8H,4H2,1-3H3. The minimum atomic E-state index is -4.74. The number of ether oxygens (including phenoxy) is 3. The lowest BCUT2D eigenvalue weighted by atomic mass is 9.73. The molecule has 0 saturated carbocycles. The van der Waals surface area contributed by atoms with Gasteiger partial charge in [-0.25, -0.2) is 0 Å². The number of carbonyl (C=O) groups is 2. The summed E-state index contributed by atoms with van der Waals surface area (Å²) in [6, 6.07) is 0. The van der Waals surface area contributed by atoms with Crippen LogP contribution >= 0.6 is 0 Å². The zero-order chi connectivity index (χ0) is 15.8. The minimum absolute atomic E-state index is 0.557. The van der Waals surface area contributed by atoms with E-state index in [1.807, 2.05) is 0 Å². The highest BCUT2D eigenvalue weighted by Crippen LogP contribution is 2.62. The van der Waals surface area contributed by atoms with Crippen LogP contribution in [0.5, 0.6) is 0 Å². The van der Waals surface area contributed by atoms with Gasteiger partial charge in [-0.1, -0.05) is 0 Å². The first kappa shape index (κ1) is 14.6. The zero-order valence-electron chi connectivity index (χ0n) is 11.7. The molecule has 5 atom stereocenters. The van der Waals surface area contributed by atoms with E-state index >= 15 is 0 Å². The number of esters is 2. The maximum Gasteiger partial charge on any atom is 0.407 e. The summed E-state index contributed by atoms with van der Waals surface area (Å²) in [5.41, 5.74) is -3.40. The van der Waals surface area contributed by atoms with E-state index in [1.54, 1.807) is 20.8 Å². The topological polar surface area (TPSA) is 61.8 Å². The number of carbonyl (C=O) groups excluding carboxylic acids is 2. The van der Waals surface area contributed by atoms with E-state index in [1.165, 1.54) is 0 Å². The Hall–Kier alpha value is -1.31. The third-order valence-electron chi connectivity index (χ3n) is 4.29. The summed E-state index contributed by atoms with van der Waals surface area (Å²) in [6.07, 6.45) is -9.82. The van der Waals surface area contributed by atoms with Crippen molar-refractivity contribution < 1.29 is 37.0 Å². The van der Waals surface area contributed by atoms with E-state index in [4.69, 9.17) is 14.2 Å². The Balaban J connectivity index is 1.85. The second-order valence-electron chi connectivity index (χ2n) is 6.76. The third-order valence-corrected chi connectivity index (χ3v) is 4.29. The van der Waals surface area contributed by atoms with Crippen LogP contribution in [-0.4, -0.2) is 42.5 Å². The quantitative estimate of drug-likeness (QED) is 0.688. The van der Waals surface area contributed by atoms with Gasteiger partial charge in [-0.3, -0.25) is 9.59 Å². The molecule has 3 saturated heterocycles. The van der Waals surface area contributed by atoms with Crippen LogP contribution in [0.25, 0.3) is 0 Å². The van der Waals surface area contributed by atoms with E-state index in [9.17, 15) is 22.8 Å². The molecule has 2 bridgehead atoms. The Morgan fingerprint density at radius 3 is 2.48 bits per heavy atom. The molecule has 0 N–H and O–H groups in total. The summed E-state index contributed by atoms with van der Waals surface area (Å²) < 4.78 is 55.0. The molecule has 0 aliphatic carbocycles. The molecule has 0 aromatic heterocycles. The second-order valence-corrected chi connectivity index (χ2v) is 6.76. The molecule has 3 aliphatic rings. The maximum absolute atomic E-state index is 13.2. The molecule has 0 spiro atoms. The Morgan fingerprint density at radius 1 is 1.33 bits per heavy atom. The molecule has 3 heterocycles. The van der Waals surface area contributed by atoms with Crippen molar-refractivity contribution in [1.82, 2.24) is 0 Å². The van der Waals surface area contributed by atoms with E-state index in [2.05, 4.69) is 0 Å². The van der Waals surface area contributed by atoms with E-state index in [0.717, 1.165) is 0 Å². The van der Waals surface area contributed by atoms with Crippen LogP contribution in [0.2, 0.25) is 0 Å². The van der Waals surface area contributed by atoms with Crippen molar-refractivity contribution in [3.8, 4) is 0 Å². The monoisotopic (exact) mass is 308 g/mol. The van der Waals surface area contributed by atoms with E-state index in [0.29, 0.717) is 0 Å². The lowest BCUT2D eigenvalue weighted by Gasteiger charge is -2.31. The molecular weight excluding hydrogens is 293 g/mol. The van der Waals surface area contributed by atoms with Crippen molar-refractivity contribution in [1.29, 1.82) is 0 Å². The average Bonchev–Trinajstić information content (AvgIpc) is 2.88. The second kappa shape index (κ2) is 3.91. The van der Waals surface area contributed by atoms with Crippen LogP contribution in [0, 0.1) is 10.8 Å². The van der Waals surface area contributed by atoms with Crippen molar-refractivity contribution >= 4 is 11.9 Å². The predicted molar refractivity (Wildman–Crippen MR) is 61.0 cm³/mol. The number of halogens is 3. The first-order chi connectivity index (χ1) is 9.48. The lowest BCUT2D eigenvalue weighted by Crippen LogP contribution is -2.52. The fourth-order valence-electron chi connectivity index (χ4n) is 3.11. The largest absolute Gasteiger partial charge is 0.455 e. The van der Waals surface area contributed by atoms with Crippen LogP contribution in [0.1, 0.15) is 27.2 Å². The van der Waals surface area contributed by atoms with Gasteiger partial charge in [0.05, 0.1) is 5.41 Å². The first-order valence-electron chi connectivity index (χ1n) is 6.63. The molecule has 8 heteroatoms. The number of hydrogen-bond donors (Lipinski definition) is 0. The van der Waals surface area contributed by atoms with Crippen molar-refractivity contribution in [2.75, 3.05) is 0 Å². The molecule has 0 amide bonds. The maximum atomic E-state index is 13.2. The normalized spacial score (nSPS) is 41.3. The number of rotatable bonds is 1. The van der Waals surface area contributed by atoms with Gasteiger partial charge in [0, 0.05) is 6.42 Å². The summed E-state index contributed by atoms with van der Waals surface area (Å²) in [7, 11) is 0. The fourth-order valence-corrected chi connectivity index (χ4v) is 3.11. The third kappa shape index (κ3) is 1.74. The summed E-state index contributed by atoms with van der Waals surface area (Å²) >= 11 is 0. The molecule has 5 unspecified atom stereocenters. The molecule has 0 radical (unpaired) electrons. The SMILES string of the molecule is CC(C)(C)C(=O)OC1C2CC3(C(F)(F)F)C(=O)OC1C3O2. The van der Waals surface area contributed by atoms with Gasteiger partial charge in [0.1, 0.15) is 12.2 Å². The molecular formula is C13H15F3O5. The molecule has 21 heavy (non-hydrogen) atoms. The van der Waals surface area contributed by atoms with Gasteiger partial charge in [-0.05, 0) is 20.8 Å². The average molecular weight is 308 g/mol. The Kier molecular flexibility index (Phi) is 2.72. The van der Waals surface area contributed by atoms with Crippen molar-refractivity contribution in [3.05, 3.63) is 0 Å².